The number of nitrogens with zero attached hydrogens (tertiary/aromatic N) is 1. The number of hydrogen-bond acceptors (Lipinski definition) is 4. The molecule has 4 aromatic rings. The monoisotopic (exact) mass is 540 g/mol. The number of carbonyl (C=O) groups excluding carboxylic acids is 1. The van der Waals surface area contributed by atoms with Gasteiger partial charge in [0.2, 0.25) is 0 Å². The molecular formula is C29H24F4N2O4. The van der Waals surface area contributed by atoms with Crippen LogP contribution in [0.1, 0.15) is 28.8 Å². The summed E-state index contributed by atoms with van der Waals surface area (Å²) in [6.07, 6.45) is 3.97. The second kappa shape index (κ2) is 11.9. The van der Waals surface area contributed by atoms with Crippen molar-refractivity contribution >= 4 is 22.8 Å². The van der Waals surface area contributed by atoms with Crippen LogP contribution in [0.2, 0.25) is 0 Å². The zero-order valence-electron chi connectivity index (χ0n) is 20.8. The smallest absolute Gasteiger partial charge is 0.322 e. The van der Waals surface area contributed by atoms with Gasteiger partial charge in [0.15, 0.2) is 11.6 Å². The molecule has 1 aliphatic rings. The van der Waals surface area contributed by atoms with Crippen LogP contribution in [-0.4, -0.2) is 35.1 Å². The molecule has 1 aliphatic carbocycles. The minimum atomic E-state index is -1.29. The Morgan fingerprint density at radius 3 is 2.31 bits per heavy atom. The van der Waals surface area contributed by atoms with Gasteiger partial charge in [0.05, 0.1) is 12.1 Å². The summed E-state index contributed by atoms with van der Waals surface area (Å²) in [5.41, 5.74) is 2.36. The number of benzene rings is 3. The summed E-state index contributed by atoms with van der Waals surface area (Å²) in [6.45, 7) is 1.85. The average Bonchev–Trinajstić information content (AvgIpc) is 3.73. The van der Waals surface area contributed by atoms with Crippen LogP contribution in [-0.2, 0) is 4.79 Å². The van der Waals surface area contributed by atoms with E-state index in [0.717, 1.165) is 59.1 Å². The maximum Gasteiger partial charge on any atom is 0.322 e. The lowest BCUT2D eigenvalue weighted by atomic mass is 9.98. The van der Waals surface area contributed by atoms with Gasteiger partial charge in [-0.2, -0.15) is 0 Å². The minimum Gasteiger partial charge on any atom is -0.493 e. The number of fused-ring (bicyclic) bond motifs is 1. The second-order valence-corrected chi connectivity index (χ2v) is 9.02. The molecule has 39 heavy (non-hydrogen) atoms. The molecule has 0 saturated heterocycles. The number of rotatable bonds is 7. The van der Waals surface area contributed by atoms with Gasteiger partial charge in [0, 0.05) is 28.8 Å². The lowest BCUT2D eigenvalue weighted by Crippen LogP contribution is -2.30. The van der Waals surface area contributed by atoms with Crippen molar-refractivity contribution in [2.45, 2.75) is 19.8 Å². The number of aromatic nitrogens is 1. The number of ether oxygens (including phenoxy) is 1. The van der Waals surface area contributed by atoms with Crippen molar-refractivity contribution in [3.05, 3.63) is 95.2 Å². The molecule has 0 spiro atoms. The molecule has 2 N–H and O–H groups in total. The SMILES string of the molecule is Cc1ccc(-c2cc(F)c(F)cc2OCC2CC2)c2ncccc12.O=C(O)CNC(=O)c1c(F)cccc1F. The molecule has 3 aromatic carbocycles. The molecule has 1 saturated carbocycles. The molecule has 1 amide bonds. The summed E-state index contributed by atoms with van der Waals surface area (Å²) in [5, 5.41) is 11.1. The quantitative estimate of drug-likeness (QED) is 0.279. The van der Waals surface area contributed by atoms with E-state index in [0.29, 0.717) is 23.8 Å². The van der Waals surface area contributed by atoms with Crippen LogP contribution < -0.4 is 10.1 Å². The molecule has 0 radical (unpaired) electrons. The van der Waals surface area contributed by atoms with Crippen LogP contribution in [0, 0.1) is 36.1 Å². The van der Waals surface area contributed by atoms with Gasteiger partial charge in [-0.05, 0) is 55.5 Å². The predicted molar refractivity (Wildman–Crippen MR) is 136 cm³/mol. The lowest BCUT2D eigenvalue weighted by molar-refractivity contribution is -0.135. The Morgan fingerprint density at radius 1 is 0.949 bits per heavy atom. The van der Waals surface area contributed by atoms with Gasteiger partial charge in [0.25, 0.3) is 5.91 Å². The standard InChI is InChI=1S/C20H17F2NO.C9H7F2NO3/c1-12-4-7-15(20-14(12)3-2-8-23-20)16-9-17(21)18(22)10-19(16)24-11-13-5-6-13;10-5-2-1-3-6(11)8(5)9(15)12-4-7(13)14/h2-4,7-10,13H,5-6,11H2,1H3;1-3H,4H2,(H,12,15)(H,13,14). The molecule has 0 bridgehead atoms. The van der Waals surface area contributed by atoms with Crippen LogP contribution in [0.25, 0.3) is 22.0 Å². The van der Waals surface area contributed by atoms with Gasteiger partial charge in [-0.15, -0.1) is 0 Å². The van der Waals surface area contributed by atoms with Crippen molar-refractivity contribution in [1.29, 1.82) is 0 Å². The lowest BCUT2D eigenvalue weighted by Gasteiger charge is -2.14. The predicted octanol–water partition coefficient (Wildman–Crippen LogP) is 6.06. The van der Waals surface area contributed by atoms with E-state index >= 15 is 0 Å². The van der Waals surface area contributed by atoms with E-state index in [-0.39, 0.29) is 0 Å². The maximum absolute atomic E-state index is 13.9. The summed E-state index contributed by atoms with van der Waals surface area (Å²) in [5.74, 6) is -5.32. The summed E-state index contributed by atoms with van der Waals surface area (Å²) >= 11 is 0. The van der Waals surface area contributed by atoms with Gasteiger partial charge in [-0.3, -0.25) is 14.6 Å². The second-order valence-electron chi connectivity index (χ2n) is 9.02. The van der Waals surface area contributed by atoms with Crippen molar-refractivity contribution in [2.75, 3.05) is 13.2 Å². The van der Waals surface area contributed by atoms with Crippen LogP contribution in [0.5, 0.6) is 5.75 Å². The highest BCUT2D eigenvalue weighted by atomic mass is 19.2. The Bertz CT molecular complexity index is 1520. The van der Waals surface area contributed by atoms with Gasteiger partial charge in [-0.25, -0.2) is 17.6 Å². The minimum absolute atomic E-state index is 0.372. The molecule has 0 aliphatic heterocycles. The first-order valence-corrected chi connectivity index (χ1v) is 12.1. The molecule has 6 nitrogen and oxygen atoms in total. The molecule has 1 aromatic heterocycles. The van der Waals surface area contributed by atoms with E-state index in [1.54, 1.807) is 6.20 Å². The molecular weight excluding hydrogens is 516 g/mol. The third-order valence-electron chi connectivity index (χ3n) is 6.06. The Balaban J connectivity index is 0.000000204. The highest BCUT2D eigenvalue weighted by Crippen LogP contribution is 2.38. The van der Waals surface area contributed by atoms with Crippen LogP contribution in [0.15, 0.2) is 60.8 Å². The summed E-state index contributed by atoms with van der Waals surface area (Å²) in [6, 6.07) is 13.0. The number of pyridine rings is 1. The summed E-state index contributed by atoms with van der Waals surface area (Å²) in [7, 11) is 0. The van der Waals surface area contributed by atoms with Crippen molar-refractivity contribution < 1.29 is 37.0 Å². The molecule has 1 heterocycles. The third kappa shape index (κ3) is 6.70. The number of halogens is 4. The average molecular weight is 541 g/mol. The number of aliphatic carboxylic acids is 1. The number of nitrogens with one attached hydrogen (secondary N) is 1. The van der Waals surface area contributed by atoms with E-state index in [9.17, 15) is 27.2 Å². The Kier molecular flexibility index (Phi) is 8.43. The zero-order chi connectivity index (χ0) is 28.1. The summed E-state index contributed by atoms with van der Waals surface area (Å²) < 4.78 is 59.4. The van der Waals surface area contributed by atoms with Crippen molar-refractivity contribution in [3.63, 3.8) is 0 Å². The largest absolute Gasteiger partial charge is 0.493 e. The molecule has 0 atom stereocenters. The van der Waals surface area contributed by atoms with Crippen molar-refractivity contribution in [1.82, 2.24) is 10.3 Å². The first-order valence-electron chi connectivity index (χ1n) is 12.1. The normalized spacial score (nSPS) is 12.4. The first kappa shape index (κ1) is 27.6. The highest BCUT2D eigenvalue weighted by Gasteiger charge is 2.24. The fraction of sp³-hybridized carbons (Fsp3) is 0.207. The number of carboxylic acids is 1. The van der Waals surface area contributed by atoms with Crippen molar-refractivity contribution in [3.8, 4) is 16.9 Å². The van der Waals surface area contributed by atoms with Crippen LogP contribution in [0.3, 0.4) is 0 Å². The van der Waals surface area contributed by atoms with E-state index in [4.69, 9.17) is 9.84 Å². The number of carbonyl (C=O) groups is 2. The van der Waals surface area contributed by atoms with Gasteiger partial charge in [0.1, 0.15) is 29.5 Å². The Labute approximate surface area is 221 Å². The fourth-order valence-corrected chi connectivity index (χ4v) is 3.84. The number of carboxylic acid groups (broad SMARTS) is 1. The molecule has 202 valence electrons. The van der Waals surface area contributed by atoms with Crippen LogP contribution in [0.4, 0.5) is 17.6 Å². The van der Waals surface area contributed by atoms with E-state index in [1.165, 1.54) is 6.07 Å². The molecule has 5 rings (SSSR count). The van der Waals surface area contributed by atoms with E-state index < -0.39 is 47.3 Å². The van der Waals surface area contributed by atoms with Gasteiger partial charge >= 0.3 is 5.97 Å². The summed E-state index contributed by atoms with van der Waals surface area (Å²) in [4.78, 5) is 25.7. The van der Waals surface area contributed by atoms with Gasteiger partial charge < -0.3 is 15.2 Å². The molecule has 0 unspecified atom stereocenters. The number of aryl methyl sites for hydroxylation is 1. The Morgan fingerprint density at radius 2 is 1.64 bits per heavy atom. The first-order chi connectivity index (χ1) is 18.7. The van der Waals surface area contributed by atoms with Crippen LogP contribution >= 0.6 is 0 Å². The van der Waals surface area contributed by atoms with Crippen molar-refractivity contribution in [2.24, 2.45) is 5.92 Å². The maximum atomic E-state index is 13.9. The number of amides is 1. The highest BCUT2D eigenvalue weighted by molar-refractivity contribution is 5.97. The number of hydrogen-bond donors (Lipinski definition) is 2. The topological polar surface area (TPSA) is 88.5 Å². The zero-order valence-corrected chi connectivity index (χ0v) is 20.8. The van der Waals surface area contributed by atoms with E-state index in [1.807, 2.05) is 36.5 Å². The Hall–Kier alpha value is -4.47. The fourth-order valence-electron chi connectivity index (χ4n) is 3.84. The third-order valence-corrected chi connectivity index (χ3v) is 6.06. The van der Waals surface area contributed by atoms with Gasteiger partial charge in [-0.1, -0.05) is 24.3 Å². The molecule has 10 heteroatoms. The molecule has 1 fully saturated rings. The van der Waals surface area contributed by atoms with E-state index in [2.05, 4.69) is 4.98 Å².